The molecule has 1 aliphatic heterocycles. The van der Waals surface area contributed by atoms with Crippen molar-refractivity contribution in [3.8, 4) is 5.75 Å². The number of benzene rings is 2. The van der Waals surface area contributed by atoms with E-state index in [0.717, 1.165) is 28.0 Å². The minimum Gasteiger partial charge on any atom is -0.497 e. The zero-order valence-corrected chi connectivity index (χ0v) is 15.8. The van der Waals surface area contributed by atoms with Gasteiger partial charge >= 0.3 is 0 Å². The molecule has 0 spiro atoms. The van der Waals surface area contributed by atoms with Crippen LogP contribution in [0.15, 0.2) is 59.0 Å². The first-order chi connectivity index (χ1) is 12.3. The molecule has 0 radical (unpaired) electrons. The minimum absolute atomic E-state index is 0.00278. The molecule has 0 saturated carbocycles. The van der Waals surface area contributed by atoms with Crippen LogP contribution in [0.2, 0.25) is 0 Å². The van der Waals surface area contributed by atoms with Gasteiger partial charge in [0.05, 0.1) is 12.0 Å². The molecule has 6 heteroatoms. The second-order valence-corrected chi connectivity index (χ2v) is 8.37. The lowest BCUT2D eigenvalue weighted by molar-refractivity contribution is -0.123. The first-order valence-electron chi connectivity index (χ1n) is 8.25. The van der Waals surface area contributed by atoms with Crippen molar-refractivity contribution < 1.29 is 17.9 Å². The molecule has 0 aromatic heterocycles. The van der Waals surface area contributed by atoms with Gasteiger partial charge in [-0.1, -0.05) is 24.3 Å². The first kappa shape index (κ1) is 18.2. The number of rotatable bonds is 4. The highest BCUT2D eigenvalue weighted by Gasteiger charge is 2.27. The number of likely N-dealkylation sites (tertiary alicyclic amines) is 1. The second kappa shape index (κ2) is 6.96. The van der Waals surface area contributed by atoms with Crippen LogP contribution in [0, 0.1) is 0 Å². The molecule has 0 aliphatic carbocycles. The molecule has 0 atom stereocenters. The maximum Gasteiger partial charge on any atom is 0.250 e. The third-order valence-electron chi connectivity index (χ3n) is 4.55. The van der Waals surface area contributed by atoms with E-state index in [9.17, 15) is 13.2 Å². The lowest BCUT2D eigenvalue weighted by atomic mass is 9.92. The van der Waals surface area contributed by atoms with E-state index in [1.807, 2.05) is 24.3 Å². The normalized spacial score (nSPS) is 16.7. The summed E-state index contributed by atoms with van der Waals surface area (Å²) in [6, 6.07) is 14.2. The predicted octanol–water partition coefficient (Wildman–Crippen LogP) is 2.76. The monoisotopic (exact) mass is 371 g/mol. The van der Waals surface area contributed by atoms with Crippen LogP contribution in [0.25, 0.3) is 5.57 Å². The predicted molar refractivity (Wildman–Crippen MR) is 101 cm³/mol. The summed E-state index contributed by atoms with van der Waals surface area (Å²) in [6.45, 7) is 0.676. The Labute approximate surface area is 153 Å². The summed E-state index contributed by atoms with van der Waals surface area (Å²) in [5.41, 5.74) is 3.30. The molecule has 1 amide bonds. The summed E-state index contributed by atoms with van der Waals surface area (Å²) in [5, 5.41) is 0. The fraction of sp³-hybridized carbons (Fsp3) is 0.250. The molecule has 0 N–H and O–H groups in total. The van der Waals surface area contributed by atoms with Gasteiger partial charge < -0.3 is 9.64 Å². The smallest absolute Gasteiger partial charge is 0.250 e. The van der Waals surface area contributed by atoms with Crippen LogP contribution in [0.1, 0.15) is 17.5 Å². The van der Waals surface area contributed by atoms with E-state index in [0.29, 0.717) is 13.0 Å². The Morgan fingerprint density at radius 1 is 1.00 bits per heavy atom. The van der Waals surface area contributed by atoms with Gasteiger partial charge in [0, 0.05) is 25.4 Å². The number of ether oxygens (including phenoxy) is 1. The molecule has 0 unspecified atom stereocenters. The number of amides is 1. The Morgan fingerprint density at radius 3 is 1.96 bits per heavy atom. The summed E-state index contributed by atoms with van der Waals surface area (Å²) in [4.78, 5) is 14.5. The highest BCUT2D eigenvalue weighted by atomic mass is 32.2. The van der Waals surface area contributed by atoms with Crippen LogP contribution in [-0.2, 0) is 14.6 Å². The molecule has 1 saturated heterocycles. The average molecular weight is 371 g/mol. The lowest BCUT2D eigenvalue weighted by Gasteiger charge is -2.14. The maximum atomic E-state index is 12.6. The van der Waals surface area contributed by atoms with E-state index in [1.165, 1.54) is 6.26 Å². The van der Waals surface area contributed by atoms with Crippen LogP contribution in [0.3, 0.4) is 0 Å². The van der Waals surface area contributed by atoms with E-state index in [2.05, 4.69) is 0 Å². The van der Waals surface area contributed by atoms with E-state index >= 15 is 0 Å². The third kappa shape index (κ3) is 3.51. The molecular weight excluding hydrogens is 350 g/mol. The number of sulfone groups is 1. The summed E-state index contributed by atoms with van der Waals surface area (Å²) >= 11 is 0. The summed E-state index contributed by atoms with van der Waals surface area (Å²) in [7, 11) is 0.125. The summed E-state index contributed by atoms with van der Waals surface area (Å²) in [6.07, 6.45) is 1.84. The number of methoxy groups -OCH3 is 1. The minimum atomic E-state index is -3.27. The molecule has 5 nitrogen and oxygen atoms in total. The van der Waals surface area contributed by atoms with Gasteiger partial charge in [-0.3, -0.25) is 4.79 Å². The SMILES string of the molecule is COc1ccc(/C(=C2/CCN(C)C2=O)c2ccc(S(C)(=O)=O)cc2)cc1. The number of nitrogens with zero attached hydrogens (tertiary/aromatic N) is 1. The average Bonchev–Trinajstić information content (AvgIpc) is 2.95. The number of likely N-dealkylation sites (N-methyl/N-ethyl adjacent to an activating group) is 1. The molecule has 0 bridgehead atoms. The van der Waals surface area contributed by atoms with Gasteiger partial charge in [-0.2, -0.15) is 0 Å². The largest absolute Gasteiger partial charge is 0.497 e. The van der Waals surface area contributed by atoms with Crippen LogP contribution < -0.4 is 4.74 Å². The van der Waals surface area contributed by atoms with Crippen molar-refractivity contribution in [3.63, 3.8) is 0 Å². The molecule has 2 aromatic rings. The number of hydrogen-bond acceptors (Lipinski definition) is 4. The van der Waals surface area contributed by atoms with Crippen molar-refractivity contribution in [2.45, 2.75) is 11.3 Å². The Bertz CT molecular complexity index is 958. The van der Waals surface area contributed by atoms with Gasteiger partial charge in [0.15, 0.2) is 9.84 Å². The number of carbonyl (C=O) groups excluding carboxylic acids is 1. The van der Waals surface area contributed by atoms with Crippen molar-refractivity contribution in [2.75, 3.05) is 27.0 Å². The first-order valence-corrected chi connectivity index (χ1v) is 10.1. The molecule has 1 aliphatic rings. The van der Waals surface area contributed by atoms with Gasteiger partial charge in [-0.05, 0) is 47.4 Å². The fourth-order valence-electron chi connectivity index (χ4n) is 3.09. The van der Waals surface area contributed by atoms with E-state index in [1.54, 1.807) is 43.3 Å². The van der Waals surface area contributed by atoms with Crippen LogP contribution in [0.4, 0.5) is 0 Å². The standard InChI is InChI=1S/C20H21NO4S/c1-21-13-12-18(20(21)22)19(14-4-8-16(25-2)9-5-14)15-6-10-17(11-7-15)26(3,23)24/h4-11H,12-13H2,1-3H3/b19-18+. The Morgan fingerprint density at radius 2 is 1.54 bits per heavy atom. The highest BCUT2D eigenvalue weighted by Crippen LogP contribution is 2.33. The molecule has 1 fully saturated rings. The van der Waals surface area contributed by atoms with Gasteiger partial charge in [-0.25, -0.2) is 8.42 Å². The zero-order valence-electron chi connectivity index (χ0n) is 15.0. The van der Waals surface area contributed by atoms with E-state index < -0.39 is 9.84 Å². The third-order valence-corrected chi connectivity index (χ3v) is 5.68. The van der Waals surface area contributed by atoms with Crippen LogP contribution in [0.5, 0.6) is 5.75 Å². The summed E-state index contributed by atoms with van der Waals surface area (Å²) < 4.78 is 28.7. The van der Waals surface area contributed by atoms with E-state index in [4.69, 9.17) is 4.74 Å². The Balaban J connectivity index is 2.15. The van der Waals surface area contributed by atoms with Crippen molar-refractivity contribution in [2.24, 2.45) is 0 Å². The number of carbonyl (C=O) groups is 1. The summed E-state index contributed by atoms with van der Waals surface area (Å²) in [5.74, 6) is 0.739. The van der Waals surface area contributed by atoms with Gasteiger partial charge in [-0.15, -0.1) is 0 Å². The molecular formula is C20H21NO4S. The highest BCUT2D eigenvalue weighted by molar-refractivity contribution is 7.90. The van der Waals surface area contributed by atoms with Gasteiger partial charge in [0.2, 0.25) is 5.91 Å². The molecule has 1 heterocycles. The quantitative estimate of drug-likeness (QED) is 0.776. The van der Waals surface area contributed by atoms with Crippen LogP contribution >= 0.6 is 0 Å². The van der Waals surface area contributed by atoms with Crippen molar-refractivity contribution in [1.82, 2.24) is 4.90 Å². The van der Waals surface area contributed by atoms with Crippen molar-refractivity contribution >= 4 is 21.3 Å². The molecule has 26 heavy (non-hydrogen) atoms. The lowest BCUT2D eigenvalue weighted by Crippen LogP contribution is -2.19. The second-order valence-electron chi connectivity index (χ2n) is 6.36. The van der Waals surface area contributed by atoms with Crippen molar-refractivity contribution in [3.05, 3.63) is 65.2 Å². The van der Waals surface area contributed by atoms with Gasteiger partial charge in [0.1, 0.15) is 5.75 Å². The topological polar surface area (TPSA) is 63.7 Å². The van der Waals surface area contributed by atoms with Crippen molar-refractivity contribution in [1.29, 1.82) is 0 Å². The van der Waals surface area contributed by atoms with Gasteiger partial charge in [0.25, 0.3) is 0 Å². The number of hydrogen-bond donors (Lipinski definition) is 0. The van der Waals surface area contributed by atoms with Crippen LogP contribution in [-0.4, -0.2) is 46.2 Å². The molecule has 3 rings (SSSR count). The molecule has 136 valence electrons. The zero-order chi connectivity index (χ0) is 18.9. The molecule has 2 aromatic carbocycles. The fourth-order valence-corrected chi connectivity index (χ4v) is 3.72. The Hall–Kier alpha value is -2.60. The van der Waals surface area contributed by atoms with E-state index in [-0.39, 0.29) is 10.8 Å². The Kier molecular flexibility index (Phi) is 4.87. The maximum absolute atomic E-state index is 12.6.